The maximum absolute atomic E-state index is 13.0. The lowest BCUT2D eigenvalue weighted by molar-refractivity contribution is -0.123. The van der Waals surface area contributed by atoms with Gasteiger partial charge in [-0.3, -0.25) is 9.69 Å². The lowest BCUT2D eigenvalue weighted by Gasteiger charge is -2.33. The summed E-state index contributed by atoms with van der Waals surface area (Å²) in [6, 6.07) is 7.64. The van der Waals surface area contributed by atoms with Gasteiger partial charge in [0.2, 0.25) is 15.9 Å². The lowest BCUT2D eigenvalue weighted by atomic mass is 9.84. The Hall–Kier alpha value is -1.44. The Balaban J connectivity index is 1.57. The smallest absolute Gasteiger partial charge is 0.243 e. The first kappa shape index (κ1) is 21.3. The Morgan fingerprint density at radius 1 is 1.04 bits per heavy atom. The van der Waals surface area contributed by atoms with Crippen LogP contribution in [0.4, 0.5) is 0 Å². The molecular weight excluding hydrogens is 374 g/mol. The largest absolute Gasteiger partial charge is 0.353 e. The molecule has 0 spiro atoms. The molecule has 2 fully saturated rings. The van der Waals surface area contributed by atoms with Gasteiger partial charge in [0.1, 0.15) is 0 Å². The number of sulfonamides is 1. The fraction of sp³-hybridized carbons (Fsp3) is 0.667. The molecular formula is C21H33N3O3S. The molecule has 28 heavy (non-hydrogen) atoms. The predicted octanol–water partition coefficient (Wildman–Crippen LogP) is 2.57. The van der Waals surface area contributed by atoms with E-state index in [2.05, 4.69) is 5.32 Å². The SMILES string of the molecule is CC(C)NC(=O)CN1CCN(S(=O)(=O)c2ccc(C3CCCCC3)cc2)CC1. The Bertz CT molecular complexity index is 748. The maximum Gasteiger partial charge on any atom is 0.243 e. The highest BCUT2D eigenvalue weighted by atomic mass is 32.2. The summed E-state index contributed by atoms with van der Waals surface area (Å²) in [7, 11) is -3.47. The molecule has 0 atom stereocenters. The van der Waals surface area contributed by atoms with Gasteiger partial charge in [-0.05, 0) is 50.3 Å². The molecule has 1 saturated heterocycles. The van der Waals surface area contributed by atoms with Gasteiger partial charge in [-0.2, -0.15) is 4.31 Å². The van der Waals surface area contributed by atoms with E-state index in [9.17, 15) is 13.2 Å². The van der Waals surface area contributed by atoms with E-state index in [-0.39, 0.29) is 11.9 Å². The summed E-state index contributed by atoms with van der Waals surface area (Å²) in [5.41, 5.74) is 1.26. The number of piperazine rings is 1. The third kappa shape index (κ3) is 5.33. The Morgan fingerprint density at radius 2 is 1.64 bits per heavy atom. The molecule has 3 rings (SSSR count). The van der Waals surface area contributed by atoms with Crippen LogP contribution in [0.2, 0.25) is 0 Å². The van der Waals surface area contributed by atoms with Gasteiger partial charge in [-0.25, -0.2) is 8.42 Å². The molecule has 0 unspecified atom stereocenters. The Kier molecular flexibility index (Phi) is 7.12. The summed E-state index contributed by atoms with van der Waals surface area (Å²) in [4.78, 5) is 14.3. The van der Waals surface area contributed by atoms with E-state index in [1.807, 2.05) is 30.9 Å². The number of carbonyl (C=O) groups is 1. The van der Waals surface area contributed by atoms with Crippen LogP contribution in [-0.4, -0.2) is 62.3 Å². The third-order valence-corrected chi connectivity index (χ3v) is 7.66. The van der Waals surface area contributed by atoms with Gasteiger partial charge >= 0.3 is 0 Å². The van der Waals surface area contributed by atoms with Gasteiger partial charge in [0.25, 0.3) is 0 Å². The molecule has 156 valence electrons. The van der Waals surface area contributed by atoms with Crippen LogP contribution in [0.1, 0.15) is 57.4 Å². The van der Waals surface area contributed by atoms with Gasteiger partial charge in [-0.1, -0.05) is 31.4 Å². The van der Waals surface area contributed by atoms with Crippen molar-refractivity contribution in [2.24, 2.45) is 0 Å². The summed E-state index contributed by atoms with van der Waals surface area (Å²) in [5, 5.41) is 2.88. The summed E-state index contributed by atoms with van der Waals surface area (Å²) < 4.78 is 27.5. The molecule has 1 heterocycles. The number of benzene rings is 1. The van der Waals surface area contributed by atoms with Gasteiger partial charge in [0, 0.05) is 32.2 Å². The second-order valence-electron chi connectivity index (χ2n) is 8.31. The molecule has 2 aliphatic rings. The van der Waals surface area contributed by atoms with E-state index in [1.165, 1.54) is 37.7 Å². The number of rotatable bonds is 6. The molecule has 1 saturated carbocycles. The van der Waals surface area contributed by atoms with E-state index in [1.54, 1.807) is 16.4 Å². The van der Waals surface area contributed by atoms with Crippen LogP contribution in [0.3, 0.4) is 0 Å². The molecule has 0 aromatic heterocycles. The van der Waals surface area contributed by atoms with E-state index in [0.29, 0.717) is 43.5 Å². The predicted molar refractivity (Wildman–Crippen MR) is 111 cm³/mol. The number of hydrogen-bond donors (Lipinski definition) is 1. The fourth-order valence-electron chi connectivity index (χ4n) is 4.20. The van der Waals surface area contributed by atoms with Gasteiger partial charge < -0.3 is 5.32 Å². The highest BCUT2D eigenvalue weighted by Crippen LogP contribution is 2.33. The van der Waals surface area contributed by atoms with Crippen LogP contribution in [0, 0.1) is 0 Å². The second kappa shape index (κ2) is 9.37. The average Bonchev–Trinajstić information content (AvgIpc) is 2.68. The topological polar surface area (TPSA) is 69.7 Å². The minimum atomic E-state index is -3.47. The van der Waals surface area contributed by atoms with Gasteiger partial charge in [-0.15, -0.1) is 0 Å². The quantitative estimate of drug-likeness (QED) is 0.787. The second-order valence-corrected chi connectivity index (χ2v) is 10.2. The first-order valence-corrected chi connectivity index (χ1v) is 11.9. The summed E-state index contributed by atoms with van der Waals surface area (Å²) in [6.45, 7) is 6.17. The number of nitrogens with one attached hydrogen (secondary N) is 1. The molecule has 1 aliphatic heterocycles. The molecule has 0 bridgehead atoms. The van der Waals surface area contributed by atoms with Gasteiger partial charge in [0.05, 0.1) is 11.4 Å². The van der Waals surface area contributed by atoms with Crippen LogP contribution in [0.25, 0.3) is 0 Å². The lowest BCUT2D eigenvalue weighted by Crippen LogP contribution is -2.51. The van der Waals surface area contributed by atoms with E-state index >= 15 is 0 Å². The molecule has 1 aromatic rings. The number of nitrogens with zero attached hydrogens (tertiary/aromatic N) is 2. The number of carbonyl (C=O) groups excluding carboxylic acids is 1. The molecule has 6 nitrogen and oxygen atoms in total. The normalized spacial score (nSPS) is 20.4. The third-order valence-electron chi connectivity index (χ3n) is 5.74. The van der Waals surface area contributed by atoms with Crippen molar-refractivity contribution in [1.29, 1.82) is 0 Å². The Labute approximate surface area is 169 Å². The molecule has 7 heteroatoms. The van der Waals surface area contributed by atoms with Gasteiger partial charge in [0.15, 0.2) is 0 Å². The van der Waals surface area contributed by atoms with Crippen LogP contribution in [0.5, 0.6) is 0 Å². The molecule has 1 aliphatic carbocycles. The zero-order valence-electron chi connectivity index (χ0n) is 17.1. The van der Waals surface area contributed by atoms with Crippen molar-refractivity contribution in [2.45, 2.75) is 62.8 Å². The summed E-state index contributed by atoms with van der Waals surface area (Å²) >= 11 is 0. The first-order valence-electron chi connectivity index (χ1n) is 10.5. The van der Waals surface area contributed by atoms with Crippen LogP contribution >= 0.6 is 0 Å². The van der Waals surface area contributed by atoms with Crippen molar-refractivity contribution < 1.29 is 13.2 Å². The maximum atomic E-state index is 13.0. The minimum Gasteiger partial charge on any atom is -0.353 e. The minimum absolute atomic E-state index is 0.00962. The molecule has 1 amide bonds. The van der Waals surface area contributed by atoms with Crippen LogP contribution < -0.4 is 5.32 Å². The van der Waals surface area contributed by atoms with Crippen LogP contribution in [-0.2, 0) is 14.8 Å². The first-order chi connectivity index (χ1) is 13.4. The molecule has 0 radical (unpaired) electrons. The standard InChI is InChI=1S/C21H33N3O3S/c1-17(2)22-21(25)16-23-12-14-24(15-13-23)28(26,27)20-10-8-19(9-11-20)18-6-4-3-5-7-18/h8-11,17-18H,3-7,12-16H2,1-2H3,(H,22,25). The fourth-order valence-corrected chi connectivity index (χ4v) is 5.62. The summed E-state index contributed by atoms with van der Waals surface area (Å²) in [6.07, 6.45) is 6.26. The van der Waals surface area contributed by atoms with Crippen molar-refractivity contribution in [2.75, 3.05) is 32.7 Å². The number of amides is 1. The monoisotopic (exact) mass is 407 g/mol. The Morgan fingerprint density at radius 3 is 2.21 bits per heavy atom. The van der Waals surface area contributed by atoms with Crippen molar-refractivity contribution in [1.82, 2.24) is 14.5 Å². The van der Waals surface area contributed by atoms with Crippen molar-refractivity contribution >= 4 is 15.9 Å². The zero-order valence-corrected chi connectivity index (χ0v) is 17.9. The molecule has 1 aromatic carbocycles. The van der Waals surface area contributed by atoms with E-state index in [0.717, 1.165) is 0 Å². The van der Waals surface area contributed by atoms with E-state index in [4.69, 9.17) is 0 Å². The average molecular weight is 408 g/mol. The highest BCUT2D eigenvalue weighted by molar-refractivity contribution is 7.89. The number of hydrogen-bond acceptors (Lipinski definition) is 4. The van der Waals surface area contributed by atoms with Crippen molar-refractivity contribution in [3.63, 3.8) is 0 Å². The summed E-state index contributed by atoms with van der Waals surface area (Å²) in [5.74, 6) is 0.565. The van der Waals surface area contributed by atoms with E-state index < -0.39 is 10.0 Å². The van der Waals surface area contributed by atoms with Crippen molar-refractivity contribution in [3.05, 3.63) is 29.8 Å². The zero-order chi connectivity index (χ0) is 20.1. The highest BCUT2D eigenvalue weighted by Gasteiger charge is 2.29. The molecule has 1 N–H and O–H groups in total. The van der Waals surface area contributed by atoms with Crippen LogP contribution in [0.15, 0.2) is 29.2 Å². The van der Waals surface area contributed by atoms with Crippen molar-refractivity contribution in [3.8, 4) is 0 Å².